The summed E-state index contributed by atoms with van der Waals surface area (Å²) in [7, 11) is 0. The second-order valence-corrected chi connectivity index (χ2v) is 7.34. The third kappa shape index (κ3) is 4.04. The van der Waals surface area contributed by atoms with E-state index < -0.39 is 5.91 Å². The van der Waals surface area contributed by atoms with E-state index in [1.54, 1.807) is 24.3 Å². The van der Waals surface area contributed by atoms with Gasteiger partial charge in [-0.2, -0.15) is 5.26 Å². The molecule has 0 atom stereocenters. The van der Waals surface area contributed by atoms with Crippen LogP contribution in [0.25, 0.3) is 0 Å². The van der Waals surface area contributed by atoms with Gasteiger partial charge in [0.2, 0.25) is 5.91 Å². The molecule has 0 spiro atoms. The maximum absolute atomic E-state index is 12.6. The molecule has 1 fully saturated rings. The largest absolute Gasteiger partial charge is 0.321 e. The molecule has 1 saturated heterocycles. The molecule has 6 heteroatoms. The molecule has 27 heavy (non-hydrogen) atoms. The molecule has 2 amide bonds. The summed E-state index contributed by atoms with van der Waals surface area (Å²) < 4.78 is 0. The fraction of sp³-hybridized carbons (Fsp3) is 0.190. The molecule has 1 N–H and O–H groups in total. The molecule has 0 radical (unpaired) electrons. The second-order valence-electron chi connectivity index (χ2n) is 6.38. The Morgan fingerprint density at radius 2 is 1.81 bits per heavy atom. The van der Waals surface area contributed by atoms with Crippen LogP contribution in [0.15, 0.2) is 65.2 Å². The number of nitrogens with one attached hydrogen (secondary N) is 1. The van der Waals surface area contributed by atoms with Gasteiger partial charge in [-0.1, -0.05) is 55.9 Å². The van der Waals surface area contributed by atoms with E-state index in [9.17, 15) is 14.9 Å². The predicted octanol–water partition coefficient (Wildman–Crippen LogP) is 4.26. The van der Waals surface area contributed by atoms with Gasteiger partial charge in [0.05, 0.1) is 5.75 Å². The van der Waals surface area contributed by atoms with E-state index in [0.29, 0.717) is 22.3 Å². The Morgan fingerprint density at radius 3 is 2.41 bits per heavy atom. The van der Waals surface area contributed by atoms with Crippen molar-refractivity contribution in [3.63, 3.8) is 0 Å². The zero-order valence-corrected chi connectivity index (χ0v) is 15.9. The van der Waals surface area contributed by atoms with Crippen molar-refractivity contribution in [3.05, 3.63) is 70.8 Å². The van der Waals surface area contributed by atoms with Gasteiger partial charge >= 0.3 is 0 Å². The van der Waals surface area contributed by atoms with Crippen LogP contribution >= 0.6 is 11.8 Å². The van der Waals surface area contributed by atoms with E-state index in [1.807, 2.05) is 36.4 Å². The number of anilines is 2. The van der Waals surface area contributed by atoms with Crippen LogP contribution in [-0.2, 0) is 9.59 Å². The molecular weight excluding hydrogens is 358 g/mol. The number of hydrogen-bond donors (Lipinski definition) is 1. The number of benzene rings is 2. The quantitative estimate of drug-likeness (QED) is 0.638. The zero-order valence-electron chi connectivity index (χ0n) is 15.1. The average molecular weight is 377 g/mol. The molecule has 1 aliphatic rings. The number of carbonyl (C=O) groups excluding carboxylic acids is 2. The van der Waals surface area contributed by atoms with Gasteiger partial charge in [-0.3, -0.25) is 14.5 Å². The molecule has 2 aromatic carbocycles. The first-order valence-corrected chi connectivity index (χ1v) is 9.56. The van der Waals surface area contributed by atoms with E-state index >= 15 is 0 Å². The zero-order chi connectivity index (χ0) is 19.4. The van der Waals surface area contributed by atoms with Crippen LogP contribution in [0, 0.1) is 11.3 Å². The number of amides is 2. The van der Waals surface area contributed by atoms with Crippen LogP contribution in [0.1, 0.15) is 25.3 Å². The minimum atomic E-state index is -0.523. The molecule has 5 nitrogen and oxygen atoms in total. The summed E-state index contributed by atoms with van der Waals surface area (Å²) in [5.41, 5.74) is 2.34. The maximum atomic E-state index is 12.6. The molecule has 2 aromatic rings. The van der Waals surface area contributed by atoms with Gasteiger partial charge in [-0.05, 0) is 35.7 Å². The molecule has 1 heterocycles. The van der Waals surface area contributed by atoms with Crippen molar-refractivity contribution < 1.29 is 9.59 Å². The van der Waals surface area contributed by atoms with Gasteiger partial charge < -0.3 is 5.32 Å². The van der Waals surface area contributed by atoms with Gasteiger partial charge in [-0.25, -0.2) is 0 Å². The van der Waals surface area contributed by atoms with Crippen LogP contribution in [0.5, 0.6) is 0 Å². The minimum Gasteiger partial charge on any atom is -0.321 e. The summed E-state index contributed by atoms with van der Waals surface area (Å²) >= 11 is 1.21. The van der Waals surface area contributed by atoms with Crippen LogP contribution < -0.4 is 10.2 Å². The van der Waals surface area contributed by atoms with Gasteiger partial charge in [-0.15, -0.1) is 0 Å². The van der Waals surface area contributed by atoms with Crippen molar-refractivity contribution >= 4 is 35.0 Å². The first-order chi connectivity index (χ1) is 13.0. The first-order valence-electron chi connectivity index (χ1n) is 8.57. The maximum Gasteiger partial charge on any atom is 0.269 e. The smallest absolute Gasteiger partial charge is 0.269 e. The molecule has 3 rings (SSSR count). The molecule has 0 unspecified atom stereocenters. The van der Waals surface area contributed by atoms with Gasteiger partial charge in [0.15, 0.2) is 0 Å². The van der Waals surface area contributed by atoms with Gasteiger partial charge in [0, 0.05) is 11.4 Å². The summed E-state index contributed by atoms with van der Waals surface area (Å²) in [5, 5.41) is 12.7. The molecule has 0 aromatic heterocycles. The number of hydrogen-bond acceptors (Lipinski definition) is 4. The van der Waals surface area contributed by atoms with Crippen molar-refractivity contribution in [2.75, 3.05) is 16.0 Å². The average Bonchev–Trinajstić information content (AvgIpc) is 3.04. The molecular formula is C21H19N3O2S. The summed E-state index contributed by atoms with van der Waals surface area (Å²) in [4.78, 5) is 26.5. The highest BCUT2D eigenvalue weighted by atomic mass is 32.2. The summed E-state index contributed by atoms with van der Waals surface area (Å²) in [5.74, 6) is -0.0910. The van der Waals surface area contributed by atoms with Gasteiger partial charge in [0.1, 0.15) is 16.7 Å². The van der Waals surface area contributed by atoms with Crippen LogP contribution in [-0.4, -0.2) is 17.6 Å². The molecule has 0 bridgehead atoms. The molecule has 1 aliphatic heterocycles. The molecule has 136 valence electrons. The fourth-order valence-corrected chi connectivity index (χ4v) is 3.75. The Kier molecular flexibility index (Phi) is 5.63. The monoisotopic (exact) mass is 377 g/mol. The summed E-state index contributed by atoms with van der Waals surface area (Å²) in [6, 6.07) is 18.5. The normalized spacial score (nSPS) is 15.6. The van der Waals surface area contributed by atoms with Crippen molar-refractivity contribution in [2.24, 2.45) is 0 Å². The Bertz CT molecular complexity index is 928. The van der Waals surface area contributed by atoms with Crippen molar-refractivity contribution in [1.29, 1.82) is 5.26 Å². The third-order valence-electron chi connectivity index (χ3n) is 4.19. The summed E-state index contributed by atoms with van der Waals surface area (Å²) in [6.45, 7) is 4.19. The standard InChI is InChI=1S/C21H19N3O2S/c1-14(2)15-8-10-17(11-9-15)24-19(25)13-27-21(24)18(12-22)20(26)23-16-6-4-3-5-7-16/h3-11,14H,13H2,1-2H3,(H,23,26)/b21-18-. The first kappa shape index (κ1) is 18.7. The Labute approximate surface area is 162 Å². The number of nitriles is 1. The highest BCUT2D eigenvalue weighted by Crippen LogP contribution is 2.36. The molecule has 0 aliphatic carbocycles. The van der Waals surface area contributed by atoms with Crippen LogP contribution in [0.2, 0.25) is 0 Å². The second kappa shape index (κ2) is 8.11. The van der Waals surface area contributed by atoms with Crippen LogP contribution in [0.4, 0.5) is 11.4 Å². The molecule has 0 saturated carbocycles. The fourth-order valence-electron chi connectivity index (χ4n) is 2.74. The Hall–Kier alpha value is -3.04. The lowest BCUT2D eigenvalue weighted by Crippen LogP contribution is -2.26. The predicted molar refractivity (Wildman–Crippen MR) is 108 cm³/mol. The van der Waals surface area contributed by atoms with Crippen molar-refractivity contribution in [2.45, 2.75) is 19.8 Å². The van der Waals surface area contributed by atoms with E-state index in [1.165, 1.54) is 16.7 Å². The van der Waals surface area contributed by atoms with E-state index in [2.05, 4.69) is 19.2 Å². The highest BCUT2D eigenvalue weighted by molar-refractivity contribution is 8.04. The topological polar surface area (TPSA) is 73.2 Å². The van der Waals surface area contributed by atoms with Gasteiger partial charge in [0.25, 0.3) is 5.91 Å². The van der Waals surface area contributed by atoms with E-state index in [-0.39, 0.29) is 17.2 Å². The lowest BCUT2D eigenvalue weighted by atomic mass is 10.0. The summed E-state index contributed by atoms with van der Waals surface area (Å²) in [6.07, 6.45) is 0. The SMILES string of the molecule is CC(C)c1ccc(N2C(=O)CS/C2=C(/C#N)C(=O)Nc2ccccc2)cc1. The third-order valence-corrected chi connectivity index (χ3v) is 5.24. The van der Waals surface area contributed by atoms with Crippen molar-refractivity contribution in [3.8, 4) is 6.07 Å². The lowest BCUT2D eigenvalue weighted by molar-refractivity contribution is -0.115. The Morgan fingerprint density at radius 1 is 1.15 bits per heavy atom. The number of rotatable bonds is 4. The lowest BCUT2D eigenvalue weighted by Gasteiger charge is -2.19. The van der Waals surface area contributed by atoms with Crippen LogP contribution in [0.3, 0.4) is 0 Å². The van der Waals surface area contributed by atoms with E-state index in [0.717, 1.165) is 5.56 Å². The van der Waals surface area contributed by atoms with E-state index in [4.69, 9.17) is 0 Å². The minimum absolute atomic E-state index is 0.0670. The number of nitrogens with zero attached hydrogens (tertiary/aromatic N) is 2. The number of thioether (sulfide) groups is 1. The Balaban J connectivity index is 1.94. The number of para-hydroxylation sites is 1. The van der Waals surface area contributed by atoms with Crippen molar-refractivity contribution in [1.82, 2.24) is 0 Å². The number of carbonyl (C=O) groups is 2. The highest BCUT2D eigenvalue weighted by Gasteiger charge is 2.33.